The maximum atomic E-state index is 5.64. The molecule has 0 aliphatic carbocycles. The summed E-state index contributed by atoms with van der Waals surface area (Å²) in [6, 6.07) is 50.0. The first-order valence-electron chi connectivity index (χ1n) is 24.6. The molecule has 13 rings (SSSR count). The van der Waals surface area contributed by atoms with Gasteiger partial charge in [0, 0.05) is 44.5 Å². The smallest absolute Gasteiger partial charge is 0.357 e. The number of hydrogen-bond acceptors (Lipinski definition) is 10. The maximum Gasteiger partial charge on any atom is 2.00 e. The number of aromatic nitrogens is 12. The predicted molar refractivity (Wildman–Crippen MR) is 284 cm³/mol. The summed E-state index contributed by atoms with van der Waals surface area (Å²) in [5.41, 5.74) is 16.5. The van der Waals surface area contributed by atoms with E-state index in [1.54, 1.807) is 0 Å². The Bertz CT molecular complexity index is 4140. The third kappa shape index (κ3) is 7.58. The second-order valence-corrected chi connectivity index (χ2v) is 17.8. The minimum atomic E-state index is 0. The van der Waals surface area contributed by atoms with Gasteiger partial charge in [-0.1, -0.05) is 173 Å². The van der Waals surface area contributed by atoms with E-state index in [9.17, 15) is 0 Å². The Balaban J connectivity index is 0.00000543. The Hall–Kier alpha value is -8.67. The first kappa shape index (κ1) is 45.5. The number of fused-ring (bicyclic) bond motifs is 20. The molecule has 354 valence electrons. The average Bonchev–Trinajstić information content (AvgIpc) is 4.18. The van der Waals surface area contributed by atoms with E-state index in [1.165, 1.54) is 0 Å². The van der Waals surface area contributed by atoms with Crippen molar-refractivity contribution in [3.63, 3.8) is 0 Å². The second kappa shape index (κ2) is 18.5. The molecular formula is C60H44N12Ni. The van der Waals surface area contributed by atoms with Crippen LogP contribution in [0, 0.1) is 0 Å². The normalized spacial score (nSPS) is 11.7. The van der Waals surface area contributed by atoms with Crippen molar-refractivity contribution >= 4 is 44.4 Å². The second-order valence-electron chi connectivity index (χ2n) is 17.8. The van der Waals surface area contributed by atoms with E-state index in [1.807, 2.05) is 72.8 Å². The number of benzene rings is 6. The van der Waals surface area contributed by atoms with Crippen molar-refractivity contribution in [2.75, 3.05) is 0 Å². The molecule has 73 heavy (non-hydrogen) atoms. The molecule has 11 aromatic rings. The minimum Gasteiger partial charge on any atom is -0.357 e. The quantitative estimate of drug-likeness (QED) is 0.133. The Morgan fingerprint density at radius 1 is 0.301 bits per heavy atom. The topological polar surface area (TPSA) is 157 Å². The molecule has 6 aromatic carbocycles. The molecule has 0 unspecified atom stereocenters. The third-order valence-electron chi connectivity index (χ3n) is 13.6. The van der Waals surface area contributed by atoms with Gasteiger partial charge in [-0.05, 0) is 70.2 Å². The van der Waals surface area contributed by atoms with Gasteiger partial charge in [0.05, 0.1) is 34.4 Å². The molecule has 0 fully saturated rings. The Morgan fingerprint density at radius 3 is 1.00 bits per heavy atom. The SMILES string of the molecule is CCc1nc2c(nc1CC)-c1nc-2nc2[n-]c(nc3nc(nc4[n-]c(n1)c1c(-c5ccccc5)ccc(-c5ccccc5)c41)-c1c(-c4ccccc4)ccc(-c4ccccc4)c1-3)c1nc(CC)c(CC)nc21.[Ni+2]. The molecule has 2 aliphatic heterocycles. The summed E-state index contributed by atoms with van der Waals surface area (Å²) in [5, 5.41) is 1.63. The molecule has 13 heteroatoms. The molecule has 5 aromatic heterocycles. The molecule has 0 saturated carbocycles. The summed E-state index contributed by atoms with van der Waals surface area (Å²) >= 11 is 0. The van der Waals surface area contributed by atoms with Crippen LogP contribution in [0.3, 0.4) is 0 Å². The molecule has 2 aliphatic rings. The molecular weight excluding hydrogens is 947 g/mol. The van der Waals surface area contributed by atoms with Crippen LogP contribution in [0.5, 0.6) is 0 Å². The Kier molecular flexibility index (Phi) is 11.5. The van der Waals surface area contributed by atoms with Gasteiger partial charge in [0.15, 0.2) is 0 Å². The van der Waals surface area contributed by atoms with Crippen LogP contribution in [0.2, 0.25) is 0 Å². The summed E-state index contributed by atoms with van der Waals surface area (Å²) in [4.78, 5) is 64.0. The zero-order chi connectivity index (χ0) is 48.5. The summed E-state index contributed by atoms with van der Waals surface area (Å²) in [7, 11) is 0. The van der Waals surface area contributed by atoms with Crippen LogP contribution in [-0.4, -0.2) is 49.8 Å². The largest absolute Gasteiger partial charge is 2.00 e. The molecule has 8 bridgehead atoms. The minimum absolute atomic E-state index is 0. The molecule has 12 nitrogen and oxygen atoms in total. The van der Waals surface area contributed by atoms with Crippen LogP contribution >= 0.6 is 0 Å². The van der Waals surface area contributed by atoms with Crippen LogP contribution in [0.25, 0.3) is 135 Å². The monoisotopic (exact) mass is 990 g/mol. The third-order valence-corrected chi connectivity index (χ3v) is 13.6. The van der Waals surface area contributed by atoms with Crippen molar-refractivity contribution in [3.8, 4) is 90.3 Å². The maximum absolute atomic E-state index is 5.64. The summed E-state index contributed by atoms with van der Waals surface area (Å²) in [6.07, 6.45) is 2.71. The van der Waals surface area contributed by atoms with Crippen LogP contribution in [0.15, 0.2) is 146 Å². The zero-order valence-electron chi connectivity index (χ0n) is 40.4. The average molecular weight is 992 g/mol. The van der Waals surface area contributed by atoms with E-state index >= 15 is 0 Å². The Morgan fingerprint density at radius 2 is 0.603 bits per heavy atom. The van der Waals surface area contributed by atoms with Crippen LogP contribution in [-0.2, 0) is 42.2 Å². The van der Waals surface area contributed by atoms with E-state index < -0.39 is 0 Å². The number of aryl methyl sites for hydroxylation is 4. The van der Waals surface area contributed by atoms with Gasteiger partial charge in [0.2, 0.25) is 0 Å². The molecule has 0 atom stereocenters. The van der Waals surface area contributed by atoms with Gasteiger partial charge in [0.1, 0.15) is 34.1 Å². The molecule has 0 saturated heterocycles. The van der Waals surface area contributed by atoms with E-state index in [-0.39, 0.29) is 16.5 Å². The van der Waals surface area contributed by atoms with E-state index in [0.717, 1.165) is 89.2 Å². The van der Waals surface area contributed by atoms with Gasteiger partial charge in [0.25, 0.3) is 0 Å². The summed E-state index contributed by atoms with van der Waals surface area (Å²) < 4.78 is 0. The number of nitrogens with zero attached hydrogens (tertiary/aromatic N) is 12. The van der Waals surface area contributed by atoms with E-state index in [0.29, 0.717) is 94.0 Å². The van der Waals surface area contributed by atoms with Crippen LogP contribution < -0.4 is 9.97 Å². The predicted octanol–water partition coefficient (Wildman–Crippen LogP) is 12.6. The summed E-state index contributed by atoms with van der Waals surface area (Å²) in [6.45, 7) is 8.34. The van der Waals surface area contributed by atoms with Crippen molar-refractivity contribution in [2.24, 2.45) is 0 Å². The number of rotatable bonds is 8. The van der Waals surface area contributed by atoms with Crippen LogP contribution in [0.1, 0.15) is 50.5 Å². The Labute approximate surface area is 430 Å². The fraction of sp³-hybridized carbons (Fsp3) is 0.133. The first-order chi connectivity index (χ1) is 35.5. The molecule has 0 N–H and O–H groups in total. The summed E-state index contributed by atoms with van der Waals surface area (Å²) in [5.74, 6) is 1.53. The standard InChI is InChI=1S/C60H44N12.Ni/c1-5-41-43(7-3)63-51-49(61-41)57-68-55-47-39(35-25-17-11-18-26-35)31-29-37(33-21-13-9-14-22-33)45(47)53(66-55)65-54-46-38(34-23-15-10-16-24-34)30-32-40(36-27-19-12-20-28-36)48(46)56(67-54)69-58-50-52(60(71-58)72-59(51)70-57)64-44(8-4)42(6-2)62-50;/h9-32H,5-8H2,1-4H3;/q-2;+2. The van der Waals surface area contributed by atoms with E-state index in [4.69, 9.17) is 59.8 Å². The number of hydrogen-bond donors (Lipinski definition) is 0. The molecule has 0 radical (unpaired) electrons. The van der Waals surface area contributed by atoms with Crippen molar-refractivity contribution < 1.29 is 16.5 Å². The van der Waals surface area contributed by atoms with Crippen molar-refractivity contribution in [1.82, 2.24) is 59.8 Å². The molecule has 0 spiro atoms. The van der Waals surface area contributed by atoms with Gasteiger partial charge < -0.3 is 29.9 Å². The fourth-order valence-electron chi connectivity index (χ4n) is 10.2. The zero-order valence-corrected chi connectivity index (χ0v) is 41.4. The van der Waals surface area contributed by atoms with Crippen molar-refractivity contribution in [2.45, 2.75) is 53.4 Å². The first-order valence-corrected chi connectivity index (χ1v) is 24.6. The van der Waals surface area contributed by atoms with Gasteiger partial charge >= 0.3 is 16.5 Å². The van der Waals surface area contributed by atoms with Crippen molar-refractivity contribution in [1.29, 1.82) is 0 Å². The van der Waals surface area contributed by atoms with Crippen LogP contribution in [0.4, 0.5) is 0 Å². The van der Waals surface area contributed by atoms with Gasteiger partial charge in [-0.2, -0.15) is 0 Å². The molecule has 7 heterocycles. The van der Waals surface area contributed by atoms with Gasteiger partial charge in [-0.15, -0.1) is 0 Å². The van der Waals surface area contributed by atoms with Gasteiger partial charge in [-0.25, -0.2) is 29.9 Å². The fourth-order valence-corrected chi connectivity index (χ4v) is 10.2. The van der Waals surface area contributed by atoms with Gasteiger partial charge in [-0.3, -0.25) is 0 Å². The van der Waals surface area contributed by atoms with Crippen molar-refractivity contribution in [3.05, 3.63) is 168 Å². The molecule has 0 amide bonds. The van der Waals surface area contributed by atoms with E-state index in [2.05, 4.69) is 100 Å².